The first kappa shape index (κ1) is 22.9. The van der Waals surface area contributed by atoms with Gasteiger partial charge < -0.3 is 19.3 Å². The van der Waals surface area contributed by atoms with E-state index in [0.29, 0.717) is 30.1 Å². The number of amides is 1. The Hall–Kier alpha value is -2.74. The second kappa shape index (κ2) is 10.0. The number of methoxy groups -OCH3 is 1. The highest BCUT2D eigenvalue weighted by Crippen LogP contribution is 2.46. The molecule has 1 amide bonds. The van der Waals surface area contributed by atoms with E-state index in [4.69, 9.17) is 9.47 Å². The summed E-state index contributed by atoms with van der Waals surface area (Å²) in [6.07, 6.45) is 0.231. The van der Waals surface area contributed by atoms with E-state index in [1.807, 2.05) is 55.3 Å². The van der Waals surface area contributed by atoms with Crippen molar-refractivity contribution >= 4 is 28.8 Å². The van der Waals surface area contributed by atoms with Crippen LogP contribution in [-0.4, -0.2) is 53.7 Å². The monoisotopic (exact) mass is 443 g/mol. The van der Waals surface area contributed by atoms with E-state index in [-0.39, 0.29) is 18.9 Å². The number of carbonyl (C=O) groups excluding carboxylic acids is 2. The number of hydrogen-bond donors (Lipinski definition) is 0. The van der Waals surface area contributed by atoms with E-state index >= 15 is 0 Å². The van der Waals surface area contributed by atoms with Crippen molar-refractivity contribution in [3.8, 4) is 5.75 Å². The van der Waals surface area contributed by atoms with Gasteiger partial charge in [-0.15, -0.1) is 0 Å². The number of fused-ring (bicyclic) bond motifs is 1. The minimum absolute atomic E-state index is 0.0424. The molecule has 166 valence electrons. The first-order chi connectivity index (χ1) is 15.0. The van der Waals surface area contributed by atoms with Crippen molar-refractivity contribution in [3.63, 3.8) is 0 Å². The number of rotatable bonds is 8. The Morgan fingerprint density at radius 3 is 2.55 bits per heavy atom. The lowest BCUT2D eigenvalue weighted by atomic mass is 9.93. The smallest absolute Gasteiger partial charge is 0.338 e. The van der Waals surface area contributed by atoms with E-state index < -0.39 is 12.0 Å². The topological polar surface area (TPSA) is 71.4 Å². The van der Waals surface area contributed by atoms with Crippen molar-refractivity contribution in [3.05, 3.63) is 52.2 Å². The number of nitrogens with zero attached hydrogens (tertiary/aromatic N) is 3. The molecule has 1 aromatic carbocycles. The van der Waals surface area contributed by atoms with Gasteiger partial charge in [0.15, 0.2) is 5.17 Å². The van der Waals surface area contributed by atoms with Crippen molar-refractivity contribution in [2.45, 2.75) is 40.2 Å². The molecule has 7 nitrogen and oxygen atoms in total. The van der Waals surface area contributed by atoms with Gasteiger partial charge in [0.1, 0.15) is 5.75 Å². The molecule has 0 spiro atoms. The quantitative estimate of drug-likeness (QED) is 0.564. The minimum atomic E-state index is -0.492. The number of benzene rings is 1. The van der Waals surface area contributed by atoms with Crippen molar-refractivity contribution in [1.82, 2.24) is 9.80 Å². The zero-order valence-corrected chi connectivity index (χ0v) is 19.5. The number of aliphatic imine (C=N–C) groups is 1. The Morgan fingerprint density at radius 1 is 1.19 bits per heavy atom. The number of allylic oxidation sites excluding steroid dienone is 1. The number of esters is 1. The largest absolute Gasteiger partial charge is 0.496 e. The third kappa shape index (κ3) is 4.49. The summed E-state index contributed by atoms with van der Waals surface area (Å²) in [6, 6.07) is 7.11. The van der Waals surface area contributed by atoms with Gasteiger partial charge in [0.25, 0.3) is 0 Å². The predicted octanol–water partition coefficient (Wildman–Crippen LogP) is 4.09. The molecule has 0 aliphatic carbocycles. The zero-order chi connectivity index (χ0) is 22.5. The highest BCUT2D eigenvalue weighted by atomic mass is 32.2. The molecule has 0 N–H and O–H groups in total. The summed E-state index contributed by atoms with van der Waals surface area (Å²) in [5.74, 6) is 0.292. The molecule has 3 rings (SSSR count). The normalized spacial score (nSPS) is 17.7. The molecule has 0 saturated heterocycles. The second-order valence-electron chi connectivity index (χ2n) is 7.10. The SMILES string of the molecule is CCOC(=O)C1=C(C)N=C2SC=C(CC(=O)N(CC)CC)N2C1c1ccccc1OC. The van der Waals surface area contributed by atoms with Crippen LogP contribution in [0.2, 0.25) is 0 Å². The lowest BCUT2D eigenvalue weighted by Gasteiger charge is -2.37. The van der Waals surface area contributed by atoms with Crippen LogP contribution in [0, 0.1) is 0 Å². The molecule has 0 aromatic heterocycles. The molecule has 2 aliphatic rings. The van der Waals surface area contributed by atoms with Crippen LogP contribution in [0.15, 0.2) is 51.6 Å². The third-order valence-corrected chi connectivity index (χ3v) is 6.27. The van der Waals surface area contributed by atoms with Crippen LogP contribution in [0.5, 0.6) is 5.75 Å². The van der Waals surface area contributed by atoms with Gasteiger partial charge in [-0.25, -0.2) is 9.79 Å². The summed E-state index contributed by atoms with van der Waals surface area (Å²) in [7, 11) is 1.61. The molecule has 2 heterocycles. The van der Waals surface area contributed by atoms with Crippen molar-refractivity contribution in [1.29, 1.82) is 0 Å². The van der Waals surface area contributed by atoms with Crippen LogP contribution in [0.25, 0.3) is 0 Å². The fourth-order valence-corrected chi connectivity index (χ4v) is 4.83. The van der Waals surface area contributed by atoms with Gasteiger partial charge >= 0.3 is 5.97 Å². The summed E-state index contributed by atoms with van der Waals surface area (Å²) in [6.45, 7) is 9.11. The van der Waals surface area contributed by atoms with Gasteiger partial charge in [-0.05, 0) is 39.2 Å². The molecule has 1 unspecified atom stereocenters. The molecule has 1 aromatic rings. The number of carbonyl (C=O) groups is 2. The molecule has 0 radical (unpaired) electrons. The van der Waals surface area contributed by atoms with E-state index in [2.05, 4.69) is 4.99 Å². The summed E-state index contributed by atoms with van der Waals surface area (Å²) >= 11 is 1.46. The lowest BCUT2D eigenvalue weighted by molar-refractivity contribution is -0.139. The Kier molecular flexibility index (Phi) is 7.43. The Bertz CT molecular complexity index is 950. The molecule has 2 aliphatic heterocycles. The summed E-state index contributed by atoms with van der Waals surface area (Å²) in [5.41, 5.74) is 2.70. The highest BCUT2D eigenvalue weighted by molar-refractivity contribution is 8.16. The molecular formula is C23H29N3O4S. The Balaban J connectivity index is 2.08. The average molecular weight is 444 g/mol. The van der Waals surface area contributed by atoms with Gasteiger partial charge in [-0.3, -0.25) is 4.79 Å². The molecule has 0 bridgehead atoms. The van der Waals surface area contributed by atoms with Gasteiger partial charge in [-0.2, -0.15) is 0 Å². The molecule has 0 saturated carbocycles. The Labute approximate surface area is 187 Å². The maximum absolute atomic E-state index is 13.0. The number of amidine groups is 1. The first-order valence-electron chi connectivity index (χ1n) is 10.5. The summed E-state index contributed by atoms with van der Waals surface area (Å²) in [4.78, 5) is 34.3. The molecule has 31 heavy (non-hydrogen) atoms. The van der Waals surface area contributed by atoms with Gasteiger partial charge in [0.05, 0.1) is 37.4 Å². The third-order valence-electron chi connectivity index (χ3n) is 5.38. The van der Waals surface area contributed by atoms with E-state index in [1.165, 1.54) is 11.8 Å². The molecule has 0 fully saturated rings. The predicted molar refractivity (Wildman–Crippen MR) is 123 cm³/mol. The molecular weight excluding hydrogens is 414 g/mol. The first-order valence-corrected chi connectivity index (χ1v) is 11.4. The van der Waals surface area contributed by atoms with Gasteiger partial charge in [-0.1, -0.05) is 30.0 Å². The van der Waals surface area contributed by atoms with E-state index in [9.17, 15) is 9.59 Å². The van der Waals surface area contributed by atoms with Gasteiger partial charge in [0.2, 0.25) is 5.91 Å². The minimum Gasteiger partial charge on any atom is -0.496 e. The number of thioether (sulfide) groups is 1. The maximum atomic E-state index is 13.0. The summed E-state index contributed by atoms with van der Waals surface area (Å²) < 4.78 is 11.0. The van der Waals surface area contributed by atoms with Crippen LogP contribution in [-0.2, 0) is 14.3 Å². The molecule has 1 atom stereocenters. The number of para-hydroxylation sites is 1. The molecule has 8 heteroatoms. The van der Waals surface area contributed by atoms with Crippen LogP contribution in [0.4, 0.5) is 0 Å². The van der Waals surface area contributed by atoms with Crippen molar-refractivity contribution < 1.29 is 19.1 Å². The Morgan fingerprint density at radius 2 is 1.90 bits per heavy atom. The van der Waals surface area contributed by atoms with Crippen LogP contribution >= 0.6 is 11.8 Å². The van der Waals surface area contributed by atoms with Crippen LogP contribution in [0.3, 0.4) is 0 Å². The zero-order valence-electron chi connectivity index (χ0n) is 18.7. The number of ether oxygens (including phenoxy) is 2. The van der Waals surface area contributed by atoms with E-state index in [0.717, 1.165) is 16.4 Å². The van der Waals surface area contributed by atoms with Crippen LogP contribution < -0.4 is 4.74 Å². The van der Waals surface area contributed by atoms with E-state index in [1.54, 1.807) is 18.9 Å². The number of hydrogen-bond acceptors (Lipinski definition) is 7. The second-order valence-corrected chi connectivity index (χ2v) is 7.93. The highest BCUT2D eigenvalue weighted by Gasteiger charge is 2.42. The maximum Gasteiger partial charge on any atom is 0.338 e. The fourth-order valence-electron chi connectivity index (χ4n) is 3.87. The van der Waals surface area contributed by atoms with Crippen molar-refractivity contribution in [2.75, 3.05) is 26.8 Å². The fraction of sp³-hybridized carbons (Fsp3) is 0.435. The standard InChI is InChI=1S/C23H29N3O4S/c1-6-25(7-2)19(27)13-16-14-31-23-24-15(4)20(22(28)30-8-3)21(26(16)23)17-11-9-10-12-18(17)29-5/h9-12,14,21H,6-8,13H2,1-5H3. The lowest BCUT2D eigenvalue weighted by Crippen LogP contribution is -2.39. The summed E-state index contributed by atoms with van der Waals surface area (Å²) in [5, 5.41) is 2.69. The van der Waals surface area contributed by atoms with Gasteiger partial charge in [0, 0.05) is 24.4 Å². The van der Waals surface area contributed by atoms with Crippen molar-refractivity contribution in [2.24, 2.45) is 4.99 Å². The average Bonchev–Trinajstić information content (AvgIpc) is 3.15. The van der Waals surface area contributed by atoms with Crippen LogP contribution in [0.1, 0.15) is 45.7 Å².